The molecule has 2 aromatic carbocycles. The Kier molecular flexibility index (Phi) is 6.54. The zero-order valence-corrected chi connectivity index (χ0v) is 18.7. The Labute approximate surface area is 195 Å². The Morgan fingerprint density at radius 1 is 1.12 bits per heavy atom. The van der Waals surface area contributed by atoms with Gasteiger partial charge in [0.05, 0.1) is 0 Å². The number of carbonyl (C=O) groups excluding carboxylic acids is 2. The molecular formula is C25H26F2N2O5. The number of carbonyl (C=O) groups is 3. The van der Waals surface area contributed by atoms with Crippen molar-refractivity contribution >= 4 is 18.0 Å². The summed E-state index contributed by atoms with van der Waals surface area (Å²) in [5.74, 6) is -7.51. The second-order valence-corrected chi connectivity index (χ2v) is 8.82. The Morgan fingerprint density at radius 2 is 1.71 bits per heavy atom. The average molecular weight is 472 g/mol. The molecular weight excluding hydrogens is 446 g/mol. The van der Waals surface area contributed by atoms with Crippen LogP contribution in [0.25, 0.3) is 11.1 Å². The molecule has 7 nitrogen and oxygen atoms in total. The summed E-state index contributed by atoms with van der Waals surface area (Å²) in [5, 5.41) is 11.7. The summed E-state index contributed by atoms with van der Waals surface area (Å²) in [7, 11) is 0. The summed E-state index contributed by atoms with van der Waals surface area (Å²) in [6.07, 6.45) is -1.54. The third-order valence-electron chi connectivity index (χ3n) is 6.47. The van der Waals surface area contributed by atoms with Crippen molar-refractivity contribution < 1.29 is 33.0 Å². The number of amides is 2. The number of halogens is 2. The number of carboxylic acids is 1. The number of nitrogens with zero attached hydrogens (tertiary/aromatic N) is 1. The van der Waals surface area contributed by atoms with E-state index >= 15 is 0 Å². The largest absolute Gasteiger partial charge is 0.481 e. The molecule has 2 N–H and O–H groups in total. The quantitative estimate of drug-likeness (QED) is 0.666. The fourth-order valence-electron chi connectivity index (χ4n) is 4.67. The van der Waals surface area contributed by atoms with Gasteiger partial charge in [0.15, 0.2) is 0 Å². The lowest BCUT2D eigenvalue weighted by molar-refractivity contribution is -0.169. The smallest absolute Gasteiger partial charge is 0.407 e. The van der Waals surface area contributed by atoms with Gasteiger partial charge >= 0.3 is 12.1 Å². The first-order valence-electron chi connectivity index (χ1n) is 11.2. The van der Waals surface area contributed by atoms with E-state index in [9.17, 15) is 23.2 Å². The Hall–Kier alpha value is -3.49. The molecule has 1 saturated heterocycles. The zero-order chi connectivity index (χ0) is 24.5. The van der Waals surface area contributed by atoms with Crippen LogP contribution in [0.2, 0.25) is 0 Å². The van der Waals surface area contributed by atoms with Gasteiger partial charge in [-0.3, -0.25) is 9.59 Å². The lowest BCUT2D eigenvalue weighted by atomic mass is 9.93. The molecule has 2 amide bonds. The highest BCUT2D eigenvalue weighted by atomic mass is 19.3. The first-order chi connectivity index (χ1) is 16.2. The van der Waals surface area contributed by atoms with Crippen molar-refractivity contribution in [1.82, 2.24) is 10.2 Å². The molecule has 0 radical (unpaired) electrons. The minimum Gasteiger partial charge on any atom is -0.481 e. The molecule has 0 spiro atoms. The third-order valence-corrected chi connectivity index (χ3v) is 6.47. The van der Waals surface area contributed by atoms with E-state index in [1.807, 2.05) is 48.5 Å². The van der Waals surface area contributed by atoms with E-state index in [1.165, 1.54) is 0 Å². The van der Waals surface area contributed by atoms with E-state index in [4.69, 9.17) is 9.84 Å². The van der Waals surface area contributed by atoms with Gasteiger partial charge in [-0.1, -0.05) is 48.5 Å². The van der Waals surface area contributed by atoms with E-state index in [1.54, 1.807) is 6.92 Å². The third kappa shape index (κ3) is 4.73. The van der Waals surface area contributed by atoms with Crippen LogP contribution in [-0.2, 0) is 14.3 Å². The van der Waals surface area contributed by atoms with Crippen LogP contribution in [0.1, 0.15) is 36.8 Å². The predicted octanol–water partition coefficient (Wildman–Crippen LogP) is 3.87. The van der Waals surface area contributed by atoms with E-state index in [2.05, 4.69) is 5.32 Å². The summed E-state index contributed by atoms with van der Waals surface area (Å²) in [4.78, 5) is 37.2. The van der Waals surface area contributed by atoms with Crippen LogP contribution in [0.15, 0.2) is 48.5 Å². The van der Waals surface area contributed by atoms with Crippen molar-refractivity contribution in [1.29, 1.82) is 0 Å². The SMILES string of the molecule is C[C@@H](CC(=O)N1CCC(F)(F)C(C(=O)O)C1)NC(=O)OCC1c2ccccc2-c2ccccc21. The van der Waals surface area contributed by atoms with Crippen molar-refractivity contribution in [3.8, 4) is 11.1 Å². The topological polar surface area (TPSA) is 95.9 Å². The van der Waals surface area contributed by atoms with E-state index in [0.29, 0.717) is 0 Å². The summed E-state index contributed by atoms with van der Waals surface area (Å²) >= 11 is 0. The summed E-state index contributed by atoms with van der Waals surface area (Å²) in [6.45, 7) is 0.945. The molecule has 0 bridgehead atoms. The molecule has 2 aliphatic rings. The molecule has 1 aliphatic heterocycles. The van der Waals surface area contributed by atoms with Crippen LogP contribution in [0.3, 0.4) is 0 Å². The first kappa shape index (κ1) is 23.7. The fourth-order valence-corrected chi connectivity index (χ4v) is 4.67. The van der Waals surface area contributed by atoms with Gasteiger partial charge in [0.1, 0.15) is 12.5 Å². The van der Waals surface area contributed by atoms with Gasteiger partial charge in [0.25, 0.3) is 5.92 Å². The first-order valence-corrected chi connectivity index (χ1v) is 11.2. The number of benzene rings is 2. The second kappa shape index (κ2) is 9.40. The van der Waals surface area contributed by atoms with E-state index in [0.717, 1.165) is 27.2 Å². The molecule has 0 saturated carbocycles. The van der Waals surface area contributed by atoms with Crippen LogP contribution in [0.4, 0.5) is 13.6 Å². The number of alkyl carbamates (subject to hydrolysis) is 1. The van der Waals surface area contributed by atoms with Gasteiger partial charge in [0, 0.05) is 37.9 Å². The van der Waals surface area contributed by atoms with Crippen LogP contribution in [0.5, 0.6) is 0 Å². The highest BCUT2D eigenvalue weighted by Gasteiger charge is 2.49. The van der Waals surface area contributed by atoms with Crippen molar-refractivity contribution in [2.75, 3.05) is 19.7 Å². The number of piperidine rings is 1. The number of nitrogens with one attached hydrogen (secondary N) is 1. The Balaban J connectivity index is 1.30. The van der Waals surface area contributed by atoms with Gasteiger partial charge in [-0.15, -0.1) is 0 Å². The standard InChI is InChI=1S/C25H26F2N2O5/c1-15(12-22(30)29-11-10-25(26,27)21(13-29)23(31)32)28-24(33)34-14-20-18-8-4-2-6-16(18)17-7-3-5-9-19(17)20/h2-9,15,20-21H,10-14H2,1H3,(H,28,33)(H,31,32)/t15-,21?/m0/s1. The number of carboxylic acid groups (broad SMARTS) is 1. The molecule has 1 fully saturated rings. The van der Waals surface area contributed by atoms with Crippen molar-refractivity contribution in [3.63, 3.8) is 0 Å². The average Bonchev–Trinajstić information content (AvgIpc) is 3.11. The zero-order valence-electron chi connectivity index (χ0n) is 18.7. The van der Waals surface area contributed by atoms with Gasteiger partial charge in [-0.2, -0.15) is 0 Å². The molecule has 2 atom stereocenters. The number of ether oxygens (including phenoxy) is 1. The lowest BCUT2D eigenvalue weighted by Gasteiger charge is -2.36. The molecule has 0 aromatic heterocycles. The van der Waals surface area contributed by atoms with Crippen LogP contribution < -0.4 is 5.32 Å². The van der Waals surface area contributed by atoms with Gasteiger partial charge < -0.3 is 20.1 Å². The number of alkyl halides is 2. The molecule has 2 aromatic rings. The molecule has 1 aliphatic carbocycles. The number of fused-ring (bicyclic) bond motifs is 3. The normalized spacial score (nSPS) is 19.6. The van der Waals surface area contributed by atoms with Crippen LogP contribution >= 0.6 is 0 Å². The monoisotopic (exact) mass is 472 g/mol. The van der Waals surface area contributed by atoms with Gasteiger partial charge in [-0.05, 0) is 29.2 Å². The van der Waals surface area contributed by atoms with Crippen molar-refractivity contribution in [2.45, 2.75) is 37.6 Å². The molecule has 34 heavy (non-hydrogen) atoms. The van der Waals surface area contributed by atoms with Crippen LogP contribution in [0, 0.1) is 5.92 Å². The molecule has 1 heterocycles. The lowest BCUT2D eigenvalue weighted by Crippen LogP contribution is -2.53. The molecule has 180 valence electrons. The second-order valence-electron chi connectivity index (χ2n) is 8.82. The summed E-state index contributed by atoms with van der Waals surface area (Å²) in [6, 6.07) is 15.3. The van der Waals surface area contributed by atoms with Gasteiger partial charge in [-0.25, -0.2) is 13.6 Å². The maximum Gasteiger partial charge on any atom is 0.407 e. The maximum absolute atomic E-state index is 13.8. The fraction of sp³-hybridized carbons (Fsp3) is 0.400. The van der Waals surface area contributed by atoms with E-state index < -0.39 is 48.8 Å². The number of aliphatic carboxylic acids is 1. The minimum atomic E-state index is -3.35. The summed E-state index contributed by atoms with van der Waals surface area (Å²) < 4.78 is 33.1. The number of rotatable bonds is 6. The molecule has 1 unspecified atom stereocenters. The number of hydrogen-bond acceptors (Lipinski definition) is 4. The Morgan fingerprint density at radius 3 is 2.29 bits per heavy atom. The highest BCUT2D eigenvalue weighted by Crippen LogP contribution is 2.44. The predicted molar refractivity (Wildman–Crippen MR) is 120 cm³/mol. The van der Waals surface area contributed by atoms with Gasteiger partial charge in [0.2, 0.25) is 5.91 Å². The maximum atomic E-state index is 13.8. The van der Waals surface area contributed by atoms with Crippen molar-refractivity contribution in [2.24, 2.45) is 5.92 Å². The highest BCUT2D eigenvalue weighted by molar-refractivity contribution is 5.80. The van der Waals surface area contributed by atoms with Crippen LogP contribution in [-0.4, -0.2) is 59.6 Å². The minimum absolute atomic E-state index is 0.0990. The molecule has 4 rings (SSSR count). The number of hydrogen-bond donors (Lipinski definition) is 2. The summed E-state index contributed by atoms with van der Waals surface area (Å²) in [5.41, 5.74) is 4.37. The van der Waals surface area contributed by atoms with E-state index in [-0.39, 0.29) is 25.5 Å². The Bertz CT molecular complexity index is 1060. The number of likely N-dealkylation sites (tertiary alicyclic amines) is 1. The van der Waals surface area contributed by atoms with Crippen molar-refractivity contribution in [3.05, 3.63) is 59.7 Å². The molecule has 9 heteroatoms.